The number of carbonyl (C=O) groups is 3. The Hall–Kier alpha value is -3.09. The summed E-state index contributed by atoms with van der Waals surface area (Å²) in [5.41, 5.74) is 1.58. The quantitative estimate of drug-likeness (QED) is 0.661. The average molecular weight is 368 g/mol. The Kier molecular flexibility index (Phi) is 4.22. The maximum absolute atomic E-state index is 13.1. The largest absolute Gasteiger partial charge is 0.467 e. The van der Waals surface area contributed by atoms with Gasteiger partial charge in [0.15, 0.2) is 0 Å². The lowest BCUT2D eigenvalue weighted by molar-refractivity contribution is -0.132. The highest BCUT2D eigenvalue weighted by Crippen LogP contribution is 2.34. The van der Waals surface area contributed by atoms with E-state index in [1.54, 1.807) is 6.92 Å². The molecule has 0 radical (unpaired) electrons. The van der Waals surface area contributed by atoms with E-state index < -0.39 is 17.5 Å². The zero-order chi connectivity index (χ0) is 19.0. The Labute approximate surface area is 156 Å². The lowest BCUT2D eigenvalue weighted by Gasteiger charge is -2.32. The van der Waals surface area contributed by atoms with Crippen molar-refractivity contribution in [3.05, 3.63) is 59.0 Å². The molecule has 140 valence electrons. The van der Waals surface area contributed by atoms with Crippen molar-refractivity contribution in [3.8, 4) is 0 Å². The number of nitrogens with one attached hydrogen (secondary N) is 1. The Bertz CT molecular complexity index is 919. The molecule has 1 aliphatic heterocycles. The normalized spacial score (nSPS) is 21.3. The van der Waals surface area contributed by atoms with Gasteiger partial charge < -0.3 is 14.5 Å². The highest BCUT2D eigenvalue weighted by Gasteiger charge is 2.52. The van der Waals surface area contributed by atoms with Gasteiger partial charge in [0.05, 0.1) is 19.4 Å². The van der Waals surface area contributed by atoms with Crippen LogP contribution in [0.15, 0.2) is 41.0 Å². The standard InChI is InChI=1S/C20H20N2O5/c1-2-26-17(23)15-8-10-27-16(15)12-22-18(24)20(21-19(22)25)9-7-13-5-3-4-6-14(13)11-20/h3-6,8,10H,2,7,9,11-12H2,1H3,(H,21,25)/t20-/m0/s1. The Morgan fingerprint density at radius 1 is 1.26 bits per heavy atom. The minimum absolute atomic E-state index is 0.102. The number of imide groups is 1. The van der Waals surface area contributed by atoms with Crippen LogP contribution < -0.4 is 5.32 Å². The van der Waals surface area contributed by atoms with Crippen LogP contribution in [0.5, 0.6) is 0 Å². The second-order valence-corrected chi connectivity index (χ2v) is 6.83. The van der Waals surface area contributed by atoms with Gasteiger partial charge in [-0.2, -0.15) is 0 Å². The van der Waals surface area contributed by atoms with Gasteiger partial charge in [-0.15, -0.1) is 0 Å². The van der Waals surface area contributed by atoms with Gasteiger partial charge in [0.1, 0.15) is 16.9 Å². The number of ether oxygens (including phenoxy) is 1. The first kappa shape index (κ1) is 17.3. The van der Waals surface area contributed by atoms with Crippen LogP contribution in [-0.4, -0.2) is 35.0 Å². The topological polar surface area (TPSA) is 88.8 Å². The average Bonchev–Trinajstić information content (AvgIpc) is 3.21. The molecule has 2 aromatic rings. The van der Waals surface area contributed by atoms with Crippen LogP contribution in [-0.2, 0) is 28.9 Å². The molecule has 1 spiro atoms. The van der Waals surface area contributed by atoms with Crippen LogP contribution in [0.3, 0.4) is 0 Å². The summed E-state index contributed by atoms with van der Waals surface area (Å²) in [6, 6.07) is 8.97. The molecular formula is C20H20N2O5. The first-order valence-electron chi connectivity index (χ1n) is 8.98. The number of rotatable bonds is 4. The Morgan fingerprint density at radius 3 is 2.81 bits per heavy atom. The highest BCUT2D eigenvalue weighted by atomic mass is 16.5. The summed E-state index contributed by atoms with van der Waals surface area (Å²) in [4.78, 5) is 38.8. The molecule has 4 rings (SSSR count). The van der Waals surface area contributed by atoms with Crippen molar-refractivity contribution >= 4 is 17.9 Å². The molecule has 7 heteroatoms. The van der Waals surface area contributed by atoms with E-state index in [2.05, 4.69) is 11.4 Å². The molecule has 1 fully saturated rings. The lowest BCUT2D eigenvalue weighted by Crippen LogP contribution is -2.51. The zero-order valence-electron chi connectivity index (χ0n) is 15.0. The van der Waals surface area contributed by atoms with Crippen molar-refractivity contribution in [1.82, 2.24) is 10.2 Å². The molecule has 1 N–H and O–H groups in total. The fourth-order valence-corrected chi connectivity index (χ4v) is 3.84. The van der Waals surface area contributed by atoms with Crippen molar-refractivity contribution in [2.24, 2.45) is 0 Å². The van der Waals surface area contributed by atoms with Gasteiger partial charge in [-0.25, -0.2) is 9.59 Å². The van der Waals surface area contributed by atoms with Crippen LogP contribution in [0.4, 0.5) is 4.79 Å². The summed E-state index contributed by atoms with van der Waals surface area (Å²) < 4.78 is 10.3. The van der Waals surface area contributed by atoms with Gasteiger partial charge in [0.2, 0.25) is 0 Å². The van der Waals surface area contributed by atoms with E-state index in [-0.39, 0.29) is 30.4 Å². The van der Waals surface area contributed by atoms with Crippen molar-refractivity contribution < 1.29 is 23.5 Å². The van der Waals surface area contributed by atoms with Crippen LogP contribution in [0, 0.1) is 0 Å². The third-order valence-electron chi connectivity index (χ3n) is 5.22. The molecule has 0 saturated carbocycles. The summed E-state index contributed by atoms with van der Waals surface area (Å²) in [5, 5.41) is 2.88. The lowest BCUT2D eigenvalue weighted by atomic mass is 9.78. The summed E-state index contributed by atoms with van der Waals surface area (Å²) in [6.07, 6.45) is 3.10. The second-order valence-electron chi connectivity index (χ2n) is 6.83. The second kappa shape index (κ2) is 6.57. The molecule has 2 aliphatic rings. The van der Waals surface area contributed by atoms with Crippen molar-refractivity contribution in [1.29, 1.82) is 0 Å². The molecule has 1 aromatic carbocycles. The first-order valence-corrected chi connectivity index (χ1v) is 8.98. The fourth-order valence-electron chi connectivity index (χ4n) is 3.84. The third-order valence-corrected chi connectivity index (χ3v) is 5.22. The summed E-state index contributed by atoms with van der Waals surface area (Å²) >= 11 is 0. The van der Waals surface area contributed by atoms with Gasteiger partial charge in [0, 0.05) is 6.42 Å². The number of carbonyl (C=O) groups excluding carboxylic acids is 3. The Balaban J connectivity index is 1.57. The van der Waals surface area contributed by atoms with Crippen molar-refractivity contribution in [2.45, 2.75) is 38.3 Å². The number of fused-ring (bicyclic) bond motifs is 1. The maximum Gasteiger partial charge on any atom is 0.341 e. The first-order chi connectivity index (χ1) is 13.0. The smallest absolute Gasteiger partial charge is 0.341 e. The molecule has 1 saturated heterocycles. The zero-order valence-corrected chi connectivity index (χ0v) is 15.0. The number of nitrogens with zero attached hydrogens (tertiary/aromatic N) is 1. The highest BCUT2D eigenvalue weighted by molar-refractivity contribution is 6.07. The molecule has 3 amide bonds. The molecular weight excluding hydrogens is 348 g/mol. The number of esters is 1. The van der Waals surface area contributed by atoms with Gasteiger partial charge in [-0.1, -0.05) is 24.3 Å². The number of amides is 3. The van der Waals surface area contributed by atoms with Crippen LogP contribution in [0.2, 0.25) is 0 Å². The maximum atomic E-state index is 13.1. The van der Waals surface area contributed by atoms with Gasteiger partial charge in [-0.3, -0.25) is 9.69 Å². The van der Waals surface area contributed by atoms with E-state index in [0.717, 1.165) is 16.9 Å². The molecule has 7 nitrogen and oxygen atoms in total. The summed E-state index contributed by atoms with van der Waals surface area (Å²) in [5.74, 6) is -0.576. The summed E-state index contributed by atoms with van der Waals surface area (Å²) in [7, 11) is 0. The molecule has 1 aromatic heterocycles. The molecule has 0 unspecified atom stereocenters. The van der Waals surface area contributed by atoms with Gasteiger partial charge in [-0.05, 0) is 37.0 Å². The predicted octanol–water partition coefficient (Wildman–Crippen LogP) is 2.44. The molecule has 1 aliphatic carbocycles. The van der Waals surface area contributed by atoms with Crippen molar-refractivity contribution in [3.63, 3.8) is 0 Å². The Morgan fingerprint density at radius 2 is 2.04 bits per heavy atom. The van der Waals surface area contributed by atoms with Crippen LogP contribution >= 0.6 is 0 Å². The van der Waals surface area contributed by atoms with Crippen LogP contribution in [0.25, 0.3) is 0 Å². The monoisotopic (exact) mass is 368 g/mol. The SMILES string of the molecule is CCOC(=O)c1ccoc1CN1C(=O)N[C@]2(CCc3ccccc3C2)C1=O. The van der Waals surface area contributed by atoms with E-state index in [9.17, 15) is 14.4 Å². The minimum Gasteiger partial charge on any atom is -0.467 e. The van der Waals surface area contributed by atoms with E-state index in [1.807, 2.05) is 18.2 Å². The van der Waals surface area contributed by atoms with E-state index >= 15 is 0 Å². The molecule has 2 heterocycles. The van der Waals surface area contributed by atoms with E-state index in [0.29, 0.717) is 12.8 Å². The van der Waals surface area contributed by atoms with Gasteiger partial charge >= 0.3 is 12.0 Å². The van der Waals surface area contributed by atoms with Gasteiger partial charge in [0.25, 0.3) is 5.91 Å². The predicted molar refractivity (Wildman–Crippen MR) is 94.9 cm³/mol. The number of urea groups is 1. The third kappa shape index (κ3) is 2.89. The number of benzene rings is 1. The van der Waals surface area contributed by atoms with E-state index in [1.165, 1.54) is 17.9 Å². The number of hydrogen-bond acceptors (Lipinski definition) is 5. The number of furan rings is 1. The number of aryl methyl sites for hydroxylation is 1. The van der Waals surface area contributed by atoms with Crippen molar-refractivity contribution in [2.75, 3.05) is 6.61 Å². The summed E-state index contributed by atoms with van der Waals surface area (Å²) in [6.45, 7) is 1.84. The molecule has 27 heavy (non-hydrogen) atoms. The molecule has 1 atom stereocenters. The number of hydrogen-bond donors (Lipinski definition) is 1. The molecule has 0 bridgehead atoms. The van der Waals surface area contributed by atoms with E-state index in [4.69, 9.17) is 9.15 Å². The van der Waals surface area contributed by atoms with Crippen LogP contribution in [0.1, 0.15) is 40.6 Å². The fraction of sp³-hybridized carbons (Fsp3) is 0.350. The minimum atomic E-state index is -0.928.